The Hall–Kier alpha value is -0.160. The monoisotopic (exact) mass is 483 g/mol. The zero-order valence-electron chi connectivity index (χ0n) is 16.7. The highest BCUT2D eigenvalue weighted by atomic mass is 127. The molecule has 2 saturated heterocycles. The van der Waals surface area contributed by atoms with Gasteiger partial charge in [0.25, 0.3) is 0 Å². The molecule has 0 spiro atoms. The summed E-state index contributed by atoms with van der Waals surface area (Å²) in [5.74, 6) is 0.928. The molecule has 0 aromatic rings. The Morgan fingerprint density at radius 1 is 1.15 bits per heavy atom. The number of hydrogen-bond donors (Lipinski definition) is 2. The molecule has 2 atom stereocenters. The minimum absolute atomic E-state index is 0. The molecular weight excluding hydrogens is 445 g/mol. The lowest BCUT2D eigenvalue weighted by Gasteiger charge is -2.37. The van der Waals surface area contributed by atoms with Crippen molar-refractivity contribution >= 4 is 29.9 Å². The van der Waals surface area contributed by atoms with E-state index < -0.39 is 0 Å². The summed E-state index contributed by atoms with van der Waals surface area (Å²) in [6.45, 7) is 16.9. The molecule has 2 aliphatic heterocycles. The van der Waals surface area contributed by atoms with E-state index in [-0.39, 0.29) is 24.0 Å². The van der Waals surface area contributed by atoms with Crippen LogP contribution in [-0.2, 0) is 9.47 Å². The lowest BCUT2D eigenvalue weighted by molar-refractivity contribution is -0.0165. The normalized spacial score (nSPS) is 24.0. The third-order valence-electron chi connectivity index (χ3n) is 4.89. The summed E-state index contributed by atoms with van der Waals surface area (Å²) in [5, 5.41) is 6.82. The van der Waals surface area contributed by atoms with Gasteiger partial charge >= 0.3 is 0 Å². The Balaban J connectivity index is 0.00000338. The molecule has 7 nitrogen and oxygen atoms in total. The average molecular weight is 483 g/mol. The SMILES string of the molecule is CCNC(=NCC(C)N1CCOCC1C)NCCCN1CCOCC1.I. The fourth-order valence-corrected chi connectivity index (χ4v) is 3.40. The Labute approximate surface area is 176 Å². The van der Waals surface area contributed by atoms with Crippen LogP contribution in [-0.4, -0.2) is 100 Å². The van der Waals surface area contributed by atoms with Crippen molar-refractivity contribution in [1.29, 1.82) is 0 Å². The molecule has 0 radical (unpaired) electrons. The van der Waals surface area contributed by atoms with Crippen LogP contribution in [0.5, 0.6) is 0 Å². The maximum Gasteiger partial charge on any atom is 0.191 e. The molecule has 0 saturated carbocycles. The van der Waals surface area contributed by atoms with Crippen LogP contribution in [0.4, 0.5) is 0 Å². The van der Waals surface area contributed by atoms with Crippen molar-refractivity contribution in [1.82, 2.24) is 20.4 Å². The summed E-state index contributed by atoms with van der Waals surface area (Å²) in [5.41, 5.74) is 0. The van der Waals surface area contributed by atoms with Gasteiger partial charge in [-0.05, 0) is 33.7 Å². The van der Waals surface area contributed by atoms with Gasteiger partial charge in [0.05, 0.1) is 33.0 Å². The van der Waals surface area contributed by atoms with Crippen molar-refractivity contribution in [2.24, 2.45) is 4.99 Å². The first-order valence-electron chi connectivity index (χ1n) is 9.86. The first-order valence-corrected chi connectivity index (χ1v) is 9.86. The fourth-order valence-electron chi connectivity index (χ4n) is 3.40. The van der Waals surface area contributed by atoms with E-state index in [9.17, 15) is 0 Å². The standard InChI is InChI=1S/C18H37N5O2.HI/c1-4-19-18(20-6-5-7-22-8-11-24-12-9-22)21-14-16(2)23-10-13-25-15-17(23)3;/h16-17H,4-15H2,1-3H3,(H2,19,20,21);1H. The lowest BCUT2D eigenvalue weighted by atomic mass is 10.2. The van der Waals surface area contributed by atoms with E-state index in [0.29, 0.717) is 12.1 Å². The molecular formula is C18H38IN5O2. The lowest BCUT2D eigenvalue weighted by Crippen LogP contribution is -2.49. The smallest absolute Gasteiger partial charge is 0.191 e. The van der Waals surface area contributed by atoms with E-state index >= 15 is 0 Å². The first-order chi connectivity index (χ1) is 12.2. The molecule has 0 bridgehead atoms. The number of hydrogen-bond acceptors (Lipinski definition) is 5. The van der Waals surface area contributed by atoms with Crippen LogP contribution >= 0.6 is 24.0 Å². The predicted molar refractivity (Wildman–Crippen MR) is 118 cm³/mol. The molecule has 0 aliphatic carbocycles. The topological polar surface area (TPSA) is 61.4 Å². The van der Waals surface area contributed by atoms with Gasteiger partial charge in [0.2, 0.25) is 0 Å². The summed E-state index contributed by atoms with van der Waals surface area (Å²) in [4.78, 5) is 9.75. The van der Waals surface area contributed by atoms with E-state index in [1.54, 1.807) is 0 Å². The second kappa shape index (κ2) is 13.9. The summed E-state index contributed by atoms with van der Waals surface area (Å²) in [6, 6.07) is 0.908. The van der Waals surface area contributed by atoms with E-state index in [1.165, 1.54) is 0 Å². The third-order valence-corrected chi connectivity index (χ3v) is 4.89. The highest BCUT2D eigenvalue weighted by Gasteiger charge is 2.23. The zero-order chi connectivity index (χ0) is 17.9. The van der Waals surface area contributed by atoms with Crippen LogP contribution in [0, 0.1) is 0 Å². The van der Waals surface area contributed by atoms with Crippen LogP contribution in [0.2, 0.25) is 0 Å². The summed E-state index contributed by atoms with van der Waals surface area (Å²) in [7, 11) is 0. The molecule has 0 aromatic heterocycles. The number of nitrogens with zero attached hydrogens (tertiary/aromatic N) is 3. The van der Waals surface area contributed by atoms with Gasteiger partial charge in [-0.15, -0.1) is 24.0 Å². The number of aliphatic imine (C=N–C) groups is 1. The molecule has 0 amide bonds. The second-order valence-electron chi connectivity index (χ2n) is 6.96. The number of morpholine rings is 2. The number of nitrogens with one attached hydrogen (secondary N) is 2. The molecule has 2 fully saturated rings. The summed E-state index contributed by atoms with van der Waals surface area (Å²) >= 11 is 0. The van der Waals surface area contributed by atoms with Crippen molar-refractivity contribution in [2.75, 3.05) is 72.2 Å². The van der Waals surface area contributed by atoms with Gasteiger partial charge in [-0.3, -0.25) is 14.8 Å². The van der Waals surface area contributed by atoms with Gasteiger partial charge in [-0.2, -0.15) is 0 Å². The average Bonchev–Trinajstić information content (AvgIpc) is 2.64. The van der Waals surface area contributed by atoms with Crippen molar-refractivity contribution in [2.45, 2.75) is 39.3 Å². The third kappa shape index (κ3) is 8.69. The highest BCUT2D eigenvalue weighted by molar-refractivity contribution is 14.0. The van der Waals surface area contributed by atoms with E-state index in [4.69, 9.17) is 14.5 Å². The van der Waals surface area contributed by atoms with Gasteiger partial charge < -0.3 is 20.1 Å². The van der Waals surface area contributed by atoms with Crippen LogP contribution in [0.3, 0.4) is 0 Å². The summed E-state index contributed by atoms with van der Waals surface area (Å²) in [6.07, 6.45) is 1.13. The Bertz CT molecular complexity index is 394. The molecule has 8 heteroatoms. The summed E-state index contributed by atoms with van der Waals surface area (Å²) < 4.78 is 10.9. The largest absolute Gasteiger partial charge is 0.379 e. The minimum Gasteiger partial charge on any atom is -0.379 e. The Morgan fingerprint density at radius 3 is 2.58 bits per heavy atom. The number of halogens is 1. The molecule has 2 heterocycles. The van der Waals surface area contributed by atoms with E-state index in [2.05, 4.69) is 41.2 Å². The second-order valence-corrected chi connectivity index (χ2v) is 6.96. The molecule has 2 unspecified atom stereocenters. The van der Waals surface area contributed by atoms with Gasteiger partial charge in [0, 0.05) is 44.8 Å². The number of rotatable bonds is 8. The predicted octanol–water partition coefficient (Wildman–Crippen LogP) is 0.991. The Kier molecular flexibility index (Phi) is 12.8. The molecule has 154 valence electrons. The van der Waals surface area contributed by atoms with Crippen molar-refractivity contribution in [3.63, 3.8) is 0 Å². The van der Waals surface area contributed by atoms with E-state index in [0.717, 1.165) is 84.6 Å². The molecule has 0 aromatic carbocycles. The van der Waals surface area contributed by atoms with Crippen molar-refractivity contribution < 1.29 is 9.47 Å². The molecule has 2 N–H and O–H groups in total. The van der Waals surface area contributed by atoms with Crippen molar-refractivity contribution in [3.05, 3.63) is 0 Å². The zero-order valence-corrected chi connectivity index (χ0v) is 19.0. The van der Waals surface area contributed by atoms with Crippen LogP contribution < -0.4 is 10.6 Å². The van der Waals surface area contributed by atoms with Gasteiger partial charge in [-0.25, -0.2) is 0 Å². The van der Waals surface area contributed by atoms with Crippen molar-refractivity contribution in [3.8, 4) is 0 Å². The highest BCUT2D eigenvalue weighted by Crippen LogP contribution is 2.10. The maximum atomic E-state index is 5.53. The van der Waals surface area contributed by atoms with E-state index in [1.807, 2.05) is 0 Å². The van der Waals surface area contributed by atoms with Gasteiger partial charge in [0.1, 0.15) is 0 Å². The van der Waals surface area contributed by atoms with Gasteiger partial charge in [0.15, 0.2) is 5.96 Å². The number of ether oxygens (including phenoxy) is 2. The molecule has 2 rings (SSSR count). The fraction of sp³-hybridized carbons (Fsp3) is 0.944. The van der Waals surface area contributed by atoms with Crippen LogP contribution in [0.1, 0.15) is 27.2 Å². The number of guanidine groups is 1. The molecule has 2 aliphatic rings. The van der Waals surface area contributed by atoms with Crippen LogP contribution in [0.25, 0.3) is 0 Å². The minimum atomic E-state index is 0. The quantitative estimate of drug-likeness (QED) is 0.233. The maximum absolute atomic E-state index is 5.53. The van der Waals surface area contributed by atoms with Crippen LogP contribution in [0.15, 0.2) is 4.99 Å². The molecule has 26 heavy (non-hydrogen) atoms. The first kappa shape index (κ1) is 23.9. The Morgan fingerprint density at radius 2 is 1.88 bits per heavy atom. The van der Waals surface area contributed by atoms with Gasteiger partial charge in [-0.1, -0.05) is 0 Å².